The third kappa shape index (κ3) is 3.51. The maximum absolute atomic E-state index is 14.7. The van der Waals surface area contributed by atoms with Crippen molar-refractivity contribution >= 4 is 46.5 Å². The van der Waals surface area contributed by atoms with Crippen LogP contribution in [0.3, 0.4) is 0 Å². The number of hydrogen-bond donors (Lipinski definition) is 1. The number of para-hydroxylation sites is 1. The number of non-ortho nitro benzene ring substituents is 1. The summed E-state index contributed by atoms with van der Waals surface area (Å²) in [6.45, 7) is 0. The fraction of sp³-hybridized carbons (Fsp3) is 0.121. The molecule has 4 aromatic carbocycles. The summed E-state index contributed by atoms with van der Waals surface area (Å²) in [4.78, 5) is 56.4. The van der Waals surface area contributed by atoms with E-state index in [1.165, 1.54) is 24.3 Å². The molecule has 0 unspecified atom stereocenters. The fourth-order valence-electron chi connectivity index (χ4n) is 6.92. The zero-order valence-corrected chi connectivity index (χ0v) is 22.7. The van der Waals surface area contributed by atoms with Crippen LogP contribution in [0.25, 0.3) is 6.08 Å². The Morgan fingerprint density at radius 3 is 2.33 bits per heavy atom. The number of anilines is 1. The zero-order chi connectivity index (χ0) is 29.2. The lowest BCUT2D eigenvalue weighted by molar-refractivity contribution is -0.384. The fourth-order valence-corrected chi connectivity index (χ4v) is 7.14. The van der Waals surface area contributed by atoms with Gasteiger partial charge >= 0.3 is 0 Å². The van der Waals surface area contributed by atoms with Crippen molar-refractivity contribution in [3.05, 3.63) is 146 Å². The average Bonchev–Trinajstić information content (AvgIpc) is 3.49. The van der Waals surface area contributed by atoms with Gasteiger partial charge in [0, 0.05) is 35.1 Å². The molecule has 1 N–H and O–H groups in total. The number of hydrogen-bond acceptors (Lipinski definition) is 6. The van der Waals surface area contributed by atoms with Crippen molar-refractivity contribution in [2.24, 2.45) is 5.92 Å². The lowest BCUT2D eigenvalue weighted by atomic mass is 9.62. The van der Waals surface area contributed by atoms with Gasteiger partial charge < -0.3 is 10.2 Å². The van der Waals surface area contributed by atoms with Crippen LogP contribution in [0, 0.1) is 16.0 Å². The average molecular weight is 576 g/mol. The van der Waals surface area contributed by atoms with Crippen LogP contribution >= 0.6 is 11.6 Å². The molecule has 3 aliphatic heterocycles. The molecule has 0 aromatic heterocycles. The van der Waals surface area contributed by atoms with Crippen molar-refractivity contribution < 1.29 is 19.3 Å². The van der Waals surface area contributed by atoms with Crippen LogP contribution in [-0.4, -0.2) is 33.3 Å². The SMILES string of the molecule is O=C(c1ccccc1Cl)[C@@H]1[C@H](C(=O)c2ccc([N+](=O)[O-])cc2)[C@@]2(C(=O)Nc3ccccc32)[C@@H]2c3ccccc3C=CN12. The first-order chi connectivity index (χ1) is 20.3. The highest BCUT2D eigenvalue weighted by molar-refractivity contribution is 6.34. The molecular weight excluding hydrogens is 554 g/mol. The molecule has 1 fully saturated rings. The molecule has 0 saturated carbocycles. The summed E-state index contributed by atoms with van der Waals surface area (Å²) in [6.07, 6.45) is 3.66. The molecule has 0 aliphatic carbocycles. The predicted molar refractivity (Wildman–Crippen MR) is 157 cm³/mol. The van der Waals surface area contributed by atoms with Crippen LogP contribution in [-0.2, 0) is 10.2 Å². The van der Waals surface area contributed by atoms with E-state index in [4.69, 9.17) is 11.6 Å². The number of carbonyl (C=O) groups is 3. The van der Waals surface area contributed by atoms with Crippen LogP contribution in [0.5, 0.6) is 0 Å². The van der Waals surface area contributed by atoms with Crippen LogP contribution in [0.15, 0.2) is 103 Å². The minimum Gasteiger partial charge on any atom is -0.358 e. The molecule has 0 radical (unpaired) electrons. The Bertz CT molecular complexity index is 1850. The number of Topliss-reactive ketones (excluding diaryl/α,β-unsaturated/α-hetero) is 2. The summed E-state index contributed by atoms with van der Waals surface area (Å²) in [5.41, 5.74) is 1.60. The molecule has 8 nitrogen and oxygen atoms in total. The second-order valence-corrected chi connectivity index (χ2v) is 11.0. The number of nitro benzene ring substituents is 1. The molecule has 42 heavy (non-hydrogen) atoms. The van der Waals surface area contributed by atoms with Crippen molar-refractivity contribution in [2.45, 2.75) is 17.5 Å². The predicted octanol–water partition coefficient (Wildman–Crippen LogP) is 6.23. The van der Waals surface area contributed by atoms with Crippen molar-refractivity contribution in [3.8, 4) is 0 Å². The Kier molecular flexibility index (Phi) is 5.85. The number of ketones is 2. The number of fused-ring (bicyclic) bond motifs is 6. The molecule has 1 amide bonds. The zero-order valence-electron chi connectivity index (χ0n) is 21.9. The Labute approximate surface area is 245 Å². The molecule has 4 aromatic rings. The van der Waals surface area contributed by atoms with Gasteiger partial charge in [-0.2, -0.15) is 0 Å². The van der Waals surface area contributed by atoms with Crippen LogP contribution in [0.4, 0.5) is 11.4 Å². The van der Waals surface area contributed by atoms with E-state index in [-0.39, 0.29) is 21.8 Å². The topological polar surface area (TPSA) is 110 Å². The van der Waals surface area contributed by atoms with Gasteiger partial charge in [-0.1, -0.05) is 66.2 Å². The van der Waals surface area contributed by atoms with E-state index >= 15 is 0 Å². The molecule has 0 bridgehead atoms. The largest absolute Gasteiger partial charge is 0.358 e. The van der Waals surface area contributed by atoms with Crippen molar-refractivity contribution in [1.29, 1.82) is 0 Å². The smallest absolute Gasteiger partial charge is 0.269 e. The Morgan fingerprint density at radius 2 is 1.57 bits per heavy atom. The minimum atomic E-state index is -1.50. The molecular formula is C33H22ClN3O5. The highest BCUT2D eigenvalue weighted by Crippen LogP contribution is 2.62. The number of halogens is 1. The standard InChI is InChI=1S/C33H22ClN3O5/c34-25-11-5-3-9-23(25)30(39)28-27(29(38)20-13-15-21(16-14-20)37(41)42)33(24-10-4-6-12-26(24)35-32(33)40)31-22-8-2-1-7-19(22)17-18-36(28)31/h1-18,27-28,31H,(H,35,40)/t27-,28+,31+,33-/m1/s1. The summed E-state index contributed by atoms with van der Waals surface area (Å²) in [7, 11) is 0. The quantitative estimate of drug-likeness (QED) is 0.172. The summed E-state index contributed by atoms with van der Waals surface area (Å²) in [5.74, 6) is -2.46. The van der Waals surface area contributed by atoms with Crippen LogP contribution < -0.4 is 5.32 Å². The molecule has 1 spiro atoms. The van der Waals surface area contributed by atoms with E-state index in [1.54, 1.807) is 42.6 Å². The second-order valence-electron chi connectivity index (χ2n) is 10.6. The number of amides is 1. The first-order valence-electron chi connectivity index (χ1n) is 13.4. The molecule has 3 aliphatic rings. The summed E-state index contributed by atoms with van der Waals surface area (Å²) >= 11 is 6.52. The number of benzene rings is 4. The maximum atomic E-state index is 14.7. The van der Waals surface area contributed by atoms with E-state index < -0.39 is 45.8 Å². The number of nitrogens with one attached hydrogen (secondary N) is 1. The van der Waals surface area contributed by atoms with Gasteiger partial charge in [0.25, 0.3) is 5.69 Å². The van der Waals surface area contributed by atoms with Gasteiger partial charge in [0.05, 0.1) is 21.9 Å². The number of nitrogens with zero attached hydrogens (tertiary/aromatic N) is 2. The molecule has 1 saturated heterocycles. The van der Waals surface area contributed by atoms with Crippen molar-refractivity contribution in [1.82, 2.24) is 4.90 Å². The van der Waals surface area contributed by atoms with Gasteiger partial charge in [-0.3, -0.25) is 24.5 Å². The van der Waals surface area contributed by atoms with Gasteiger partial charge in [0.1, 0.15) is 11.5 Å². The van der Waals surface area contributed by atoms with Crippen molar-refractivity contribution in [3.63, 3.8) is 0 Å². The van der Waals surface area contributed by atoms with Gasteiger partial charge in [-0.15, -0.1) is 0 Å². The summed E-state index contributed by atoms with van der Waals surface area (Å²) < 4.78 is 0. The van der Waals surface area contributed by atoms with Crippen LogP contribution in [0.2, 0.25) is 5.02 Å². The van der Waals surface area contributed by atoms with E-state index in [2.05, 4.69) is 5.32 Å². The first kappa shape index (κ1) is 25.9. The monoisotopic (exact) mass is 575 g/mol. The first-order valence-corrected chi connectivity index (χ1v) is 13.7. The Balaban J connectivity index is 1.53. The van der Waals surface area contributed by atoms with E-state index in [1.807, 2.05) is 47.4 Å². The summed E-state index contributed by atoms with van der Waals surface area (Å²) in [6, 6.07) is 25.0. The molecule has 4 atom stereocenters. The third-order valence-corrected chi connectivity index (χ3v) is 8.95. The number of carbonyl (C=O) groups excluding carboxylic acids is 3. The molecule has 3 heterocycles. The van der Waals surface area contributed by atoms with Gasteiger partial charge in [0.15, 0.2) is 11.6 Å². The lowest BCUT2D eigenvalue weighted by Crippen LogP contribution is -2.49. The van der Waals surface area contributed by atoms with Crippen molar-refractivity contribution in [2.75, 3.05) is 5.32 Å². The number of rotatable bonds is 5. The highest BCUT2D eigenvalue weighted by Gasteiger charge is 2.70. The van der Waals surface area contributed by atoms with E-state index in [0.29, 0.717) is 11.3 Å². The minimum absolute atomic E-state index is 0.163. The molecule has 9 heteroatoms. The van der Waals surface area contributed by atoms with E-state index in [9.17, 15) is 24.5 Å². The van der Waals surface area contributed by atoms with E-state index in [0.717, 1.165) is 11.1 Å². The maximum Gasteiger partial charge on any atom is 0.269 e. The Hall–Kier alpha value is -5.08. The van der Waals surface area contributed by atoms with Gasteiger partial charge in [0.2, 0.25) is 5.91 Å². The highest BCUT2D eigenvalue weighted by atomic mass is 35.5. The normalized spacial score (nSPS) is 23.2. The van der Waals surface area contributed by atoms with Gasteiger partial charge in [-0.25, -0.2) is 0 Å². The number of nitro groups is 1. The van der Waals surface area contributed by atoms with Crippen LogP contribution in [0.1, 0.15) is 43.4 Å². The Morgan fingerprint density at radius 1 is 0.881 bits per heavy atom. The second kappa shape index (κ2) is 9.49. The molecule has 7 rings (SSSR count). The molecule has 206 valence electrons. The van der Waals surface area contributed by atoms with Gasteiger partial charge in [-0.05, 0) is 53.1 Å². The third-order valence-electron chi connectivity index (χ3n) is 8.62. The lowest BCUT2D eigenvalue weighted by Gasteiger charge is -2.38. The summed E-state index contributed by atoms with van der Waals surface area (Å²) in [5, 5.41) is 14.6.